The summed E-state index contributed by atoms with van der Waals surface area (Å²) in [5.74, 6) is 0.103. The van der Waals surface area contributed by atoms with Crippen molar-refractivity contribution in [2.45, 2.75) is 38.3 Å². The molecule has 2 fully saturated rings. The van der Waals surface area contributed by atoms with Crippen LogP contribution >= 0.6 is 0 Å². The molecule has 192 valence electrons. The van der Waals surface area contributed by atoms with Crippen LogP contribution < -0.4 is 20.9 Å². The lowest BCUT2D eigenvalue weighted by atomic mass is 9.97. The monoisotopic (exact) mass is 502 g/mol. The zero-order valence-corrected chi connectivity index (χ0v) is 21.0. The first-order valence-electron chi connectivity index (χ1n) is 12.7. The van der Waals surface area contributed by atoms with E-state index in [-0.39, 0.29) is 29.2 Å². The molecule has 0 atom stereocenters. The maximum Gasteiger partial charge on any atom is 0.256 e. The summed E-state index contributed by atoms with van der Waals surface area (Å²) >= 11 is 0. The SMILES string of the molecule is CNC(=O)c1cnc(NC(=O)C2CC2)nc1Nc1cccc2c1N(C)Cc1c-2cnn1C1CCOCC1. The number of nitrogens with one attached hydrogen (secondary N) is 3. The van der Waals surface area contributed by atoms with Crippen molar-refractivity contribution in [3.63, 3.8) is 0 Å². The van der Waals surface area contributed by atoms with Crippen molar-refractivity contribution in [2.75, 3.05) is 42.8 Å². The second kappa shape index (κ2) is 9.47. The molecule has 3 aliphatic rings. The first-order chi connectivity index (χ1) is 18.0. The molecule has 2 amide bonds. The van der Waals surface area contributed by atoms with Crippen molar-refractivity contribution in [1.82, 2.24) is 25.1 Å². The van der Waals surface area contributed by atoms with Gasteiger partial charge in [0.2, 0.25) is 11.9 Å². The van der Waals surface area contributed by atoms with Gasteiger partial charge in [-0.2, -0.15) is 10.1 Å². The summed E-state index contributed by atoms with van der Waals surface area (Å²) in [5.41, 5.74) is 5.44. The molecular formula is C26H30N8O3. The Hall–Kier alpha value is -3.99. The number of fused-ring (bicyclic) bond motifs is 3. The molecule has 4 heterocycles. The number of carbonyl (C=O) groups is 2. The molecule has 37 heavy (non-hydrogen) atoms. The zero-order valence-electron chi connectivity index (χ0n) is 21.0. The Labute approximate surface area is 214 Å². The quantitative estimate of drug-likeness (QED) is 0.470. The first kappa shape index (κ1) is 23.4. The van der Waals surface area contributed by atoms with Crippen LogP contribution in [0.15, 0.2) is 30.6 Å². The van der Waals surface area contributed by atoms with E-state index in [1.807, 2.05) is 18.3 Å². The third-order valence-electron chi connectivity index (χ3n) is 7.23. The highest BCUT2D eigenvalue weighted by atomic mass is 16.5. The highest BCUT2D eigenvalue weighted by Crippen LogP contribution is 2.44. The number of benzene rings is 1. The van der Waals surface area contributed by atoms with Crippen LogP contribution in [-0.4, -0.2) is 58.9 Å². The Balaban J connectivity index is 1.36. The van der Waals surface area contributed by atoms with E-state index in [1.54, 1.807) is 7.05 Å². The van der Waals surface area contributed by atoms with E-state index in [4.69, 9.17) is 9.84 Å². The number of para-hydroxylation sites is 1. The highest BCUT2D eigenvalue weighted by Gasteiger charge is 2.31. The molecule has 1 saturated heterocycles. The minimum atomic E-state index is -0.319. The smallest absolute Gasteiger partial charge is 0.256 e. The number of ether oxygens (including phenoxy) is 1. The normalized spacial score (nSPS) is 17.1. The number of hydrogen-bond donors (Lipinski definition) is 3. The van der Waals surface area contributed by atoms with Crippen LogP contribution in [0.25, 0.3) is 11.1 Å². The van der Waals surface area contributed by atoms with Gasteiger partial charge >= 0.3 is 0 Å². The van der Waals surface area contributed by atoms with Crippen LogP contribution in [0.5, 0.6) is 0 Å². The van der Waals surface area contributed by atoms with Crippen LogP contribution in [0, 0.1) is 5.92 Å². The Morgan fingerprint density at radius 3 is 2.65 bits per heavy atom. The van der Waals surface area contributed by atoms with E-state index in [2.05, 4.69) is 48.6 Å². The summed E-state index contributed by atoms with van der Waals surface area (Å²) in [6.07, 6.45) is 7.06. The summed E-state index contributed by atoms with van der Waals surface area (Å²) in [7, 11) is 3.61. The molecule has 1 aromatic carbocycles. The van der Waals surface area contributed by atoms with Gasteiger partial charge in [0.1, 0.15) is 11.4 Å². The molecule has 0 unspecified atom stereocenters. The molecule has 0 bridgehead atoms. The van der Waals surface area contributed by atoms with E-state index in [1.165, 1.54) is 11.9 Å². The van der Waals surface area contributed by atoms with Crippen LogP contribution in [0.3, 0.4) is 0 Å². The number of anilines is 4. The van der Waals surface area contributed by atoms with E-state index >= 15 is 0 Å². The minimum Gasteiger partial charge on any atom is -0.381 e. The number of rotatable bonds is 6. The summed E-state index contributed by atoms with van der Waals surface area (Å²) in [6, 6.07) is 6.37. The lowest BCUT2D eigenvalue weighted by Gasteiger charge is -2.32. The van der Waals surface area contributed by atoms with Gasteiger partial charge in [0.15, 0.2) is 0 Å². The molecule has 3 N–H and O–H groups in total. The largest absolute Gasteiger partial charge is 0.381 e. The minimum absolute atomic E-state index is 0.0182. The van der Waals surface area contributed by atoms with Crippen LogP contribution in [0.2, 0.25) is 0 Å². The molecule has 11 heteroatoms. The third-order valence-corrected chi connectivity index (χ3v) is 7.23. The Kier molecular flexibility index (Phi) is 5.99. The molecule has 0 radical (unpaired) electrons. The van der Waals surface area contributed by atoms with Gasteiger partial charge in [0.05, 0.1) is 35.9 Å². The van der Waals surface area contributed by atoms with Gasteiger partial charge in [-0.3, -0.25) is 19.6 Å². The maximum absolute atomic E-state index is 12.6. The highest BCUT2D eigenvalue weighted by molar-refractivity contribution is 6.01. The number of hydrogen-bond acceptors (Lipinski definition) is 8. The molecule has 3 aromatic rings. The topological polar surface area (TPSA) is 126 Å². The van der Waals surface area contributed by atoms with E-state index in [0.717, 1.165) is 61.4 Å². The van der Waals surface area contributed by atoms with Crippen molar-refractivity contribution < 1.29 is 14.3 Å². The number of amides is 2. The van der Waals surface area contributed by atoms with Gasteiger partial charge in [-0.25, -0.2) is 4.98 Å². The third kappa shape index (κ3) is 4.39. The summed E-state index contributed by atoms with van der Waals surface area (Å²) in [6.45, 7) is 2.22. The van der Waals surface area contributed by atoms with Gasteiger partial charge < -0.3 is 20.3 Å². The van der Waals surface area contributed by atoms with Gasteiger partial charge in [0.25, 0.3) is 5.91 Å². The number of nitrogens with zero attached hydrogens (tertiary/aromatic N) is 5. The van der Waals surface area contributed by atoms with E-state index in [0.29, 0.717) is 18.4 Å². The number of aromatic nitrogens is 4. The molecule has 6 rings (SSSR count). The van der Waals surface area contributed by atoms with Crippen molar-refractivity contribution in [1.29, 1.82) is 0 Å². The summed E-state index contributed by atoms with van der Waals surface area (Å²) in [5, 5.41) is 13.5. The van der Waals surface area contributed by atoms with Crippen molar-refractivity contribution in [3.05, 3.63) is 41.9 Å². The second-order valence-corrected chi connectivity index (χ2v) is 9.77. The Morgan fingerprint density at radius 2 is 1.89 bits per heavy atom. The average molecular weight is 503 g/mol. The molecule has 2 aliphatic heterocycles. The van der Waals surface area contributed by atoms with Crippen molar-refractivity contribution in [3.8, 4) is 11.1 Å². The maximum atomic E-state index is 12.6. The van der Waals surface area contributed by atoms with Gasteiger partial charge in [0, 0.05) is 50.6 Å². The standard InChI is InChI=1S/C26H30N8O3/c1-27-25(36)19-12-28-26(32-24(35)15-6-7-15)31-23(19)30-20-5-3-4-17-18-13-29-34(16-8-10-37-11-9-16)21(18)14-33(2)22(17)20/h3-5,12-13,15-16H,6-11,14H2,1-2H3,(H,27,36)(H2,28,30,31,32,35). The molecule has 0 spiro atoms. The van der Waals surface area contributed by atoms with E-state index < -0.39 is 0 Å². The molecule has 1 aliphatic carbocycles. The molecule has 11 nitrogen and oxygen atoms in total. The zero-order chi connectivity index (χ0) is 25.5. The summed E-state index contributed by atoms with van der Waals surface area (Å²) < 4.78 is 7.72. The fourth-order valence-electron chi connectivity index (χ4n) is 5.11. The molecule has 1 saturated carbocycles. The molecular weight excluding hydrogens is 472 g/mol. The average Bonchev–Trinajstić information content (AvgIpc) is 3.69. The predicted molar refractivity (Wildman–Crippen MR) is 139 cm³/mol. The van der Waals surface area contributed by atoms with Gasteiger partial charge in [-0.05, 0) is 31.7 Å². The lowest BCUT2D eigenvalue weighted by molar-refractivity contribution is -0.117. The van der Waals surface area contributed by atoms with E-state index in [9.17, 15) is 9.59 Å². The Bertz CT molecular complexity index is 1360. The van der Waals surface area contributed by atoms with Crippen molar-refractivity contribution >= 4 is 35.0 Å². The first-order valence-corrected chi connectivity index (χ1v) is 12.7. The Morgan fingerprint density at radius 1 is 1.08 bits per heavy atom. The predicted octanol–water partition coefficient (Wildman–Crippen LogP) is 3.09. The fraction of sp³-hybridized carbons (Fsp3) is 0.423. The summed E-state index contributed by atoms with van der Waals surface area (Å²) in [4.78, 5) is 35.8. The fourth-order valence-corrected chi connectivity index (χ4v) is 5.11. The molecule has 2 aromatic heterocycles. The lowest BCUT2D eigenvalue weighted by Crippen LogP contribution is -2.28. The van der Waals surface area contributed by atoms with Crippen molar-refractivity contribution in [2.24, 2.45) is 5.92 Å². The number of carbonyl (C=O) groups excluding carboxylic acids is 2. The van der Waals surface area contributed by atoms with Gasteiger partial charge in [-0.1, -0.05) is 12.1 Å². The van der Waals surface area contributed by atoms with Crippen LogP contribution in [0.4, 0.5) is 23.1 Å². The van der Waals surface area contributed by atoms with Gasteiger partial charge in [-0.15, -0.1) is 0 Å². The van der Waals surface area contributed by atoms with Crippen LogP contribution in [0.1, 0.15) is 47.8 Å². The second-order valence-electron chi connectivity index (χ2n) is 9.77. The van der Waals surface area contributed by atoms with Crippen LogP contribution in [-0.2, 0) is 16.1 Å².